The fourth-order valence-corrected chi connectivity index (χ4v) is 5.37. The van der Waals surface area contributed by atoms with Crippen molar-refractivity contribution in [1.82, 2.24) is 9.13 Å². The summed E-state index contributed by atoms with van der Waals surface area (Å²) in [6, 6.07) is 6.22. The Balaban J connectivity index is 2.24. The number of benzene rings is 1. The number of aryl methyl sites for hydroxylation is 3. The average molecular weight is 430 g/mol. The third-order valence-electron chi connectivity index (χ3n) is 3.80. The minimum absolute atomic E-state index is 0.00697. The molecule has 0 bridgehead atoms. The highest BCUT2D eigenvalue weighted by Gasteiger charge is 2.19. The Hall–Kier alpha value is -0.850. The monoisotopic (exact) mass is 428 g/mol. The van der Waals surface area contributed by atoms with E-state index in [1.807, 2.05) is 13.1 Å². The van der Waals surface area contributed by atoms with Crippen LogP contribution in [0, 0.1) is 6.92 Å². The molecule has 3 nitrogen and oxygen atoms in total. The zero-order valence-electron chi connectivity index (χ0n) is 11.9. The van der Waals surface area contributed by atoms with E-state index in [4.69, 9.17) is 0 Å². The summed E-state index contributed by atoms with van der Waals surface area (Å²) in [5, 5.41) is 2.10. The van der Waals surface area contributed by atoms with E-state index in [0.29, 0.717) is 0 Å². The van der Waals surface area contributed by atoms with Crippen molar-refractivity contribution in [3.8, 4) is 0 Å². The van der Waals surface area contributed by atoms with Gasteiger partial charge in [-0.05, 0) is 41.6 Å². The molecule has 0 aliphatic rings. The van der Waals surface area contributed by atoms with E-state index in [1.165, 1.54) is 10.4 Å². The number of nitrogens with zero attached hydrogens (tertiary/aromatic N) is 2. The third-order valence-corrected chi connectivity index (χ3v) is 6.82. The van der Waals surface area contributed by atoms with Crippen LogP contribution >= 0.6 is 43.2 Å². The zero-order valence-corrected chi connectivity index (χ0v) is 15.8. The normalized spacial score (nSPS) is 13.0. The second-order valence-corrected chi connectivity index (χ2v) is 7.81. The van der Waals surface area contributed by atoms with Crippen LogP contribution in [0.1, 0.15) is 20.8 Å². The van der Waals surface area contributed by atoms with Crippen LogP contribution < -0.4 is 5.69 Å². The maximum atomic E-state index is 12.1. The molecule has 0 saturated carbocycles. The SMILES string of the molecule is Cc1ccsc1C(Br)c1cc2c(cc1Br)n(C)c(=O)n2C. The Morgan fingerprint density at radius 2 is 1.81 bits per heavy atom. The van der Waals surface area contributed by atoms with Gasteiger partial charge in [0.1, 0.15) is 0 Å². The first-order chi connectivity index (χ1) is 9.91. The first kappa shape index (κ1) is 15.1. The molecule has 6 heteroatoms. The number of hydrogen-bond donors (Lipinski definition) is 0. The van der Waals surface area contributed by atoms with Crippen LogP contribution in [-0.2, 0) is 14.1 Å². The van der Waals surface area contributed by atoms with Crippen molar-refractivity contribution in [3.63, 3.8) is 0 Å². The number of rotatable bonds is 2. The van der Waals surface area contributed by atoms with Crippen molar-refractivity contribution in [2.24, 2.45) is 14.1 Å². The summed E-state index contributed by atoms with van der Waals surface area (Å²) in [5.74, 6) is 0. The minimum atomic E-state index is -0.00697. The molecule has 1 atom stereocenters. The fraction of sp³-hybridized carbons (Fsp3) is 0.267. The number of aromatic nitrogens is 2. The fourth-order valence-electron chi connectivity index (χ4n) is 2.52. The second-order valence-electron chi connectivity index (χ2n) is 5.09. The van der Waals surface area contributed by atoms with Gasteiger partial charge in [-0.2, -0.15) is 0 Å². The highest BCUT2D eigenvalue weighted by Crippen LogP contribution is 2.40. The van der Waals surface area contributed by atoms with Gasteiger partial charge >= 0.3 is 5.69 Å². The van der Waals surface area contributed by atoms with Gasteiger partial charge in [0.2, 0.25) is 0 Å². The van der Waals surface area contributed by atoms with Gasteiger partial charge in [0.15, 0.2) is 0 Å². The molecular weight excluding hydrogens is 416 g/mol. The summed E-state index contributed by atoms with van der Waals surface area (Å²) in [6.07, 6.45) is 0. The van der Waals surface area contributed by atoms with Crippen LogP contribution in [0.25, 0.3) is 11.0 Å². The Morgan fingerprint density at radius 1 is 1.19 bits per heavy atom. The van der Waals surface area contributed by atoms with Gasteiger partial charge < -0.3 is 0 Å². The number of hydrogen-bond acceptors (Lipinski definition) is 2. The van der Waals surface area contributed by atoms with Crippen molar-refractivity contribution in [1.29, 1.82) is 0 Å². The lowest BCUT2D eigenvalue weighted by atomic mass is 10.1. The van der Waals surface area contributed by atoms with Crippen LogP contribution in [0.3, 0.4) is 0 Å². The lowest BCUT2D eigenvalue weighted by Gasteiger charge is -2.13. The second kappa shape index (κ2) is 5.41. The molecule has 0 amide bonds. The summed E-state index contributed by atoms with van der Waals surface area (Å²) in [5.41, 5.74) is 4.28. The van der Waals surface area contributed by atoms with E-state index < -0.39 is 0 Å². The summed E-state index contributed by atoms with van der Waals surface area (Å²) >= 11 is 9.18. The van der Waals surface area contributed by atoms with Gasteiger partial charge in [0.25, 0.3) is 0 Å². The summed E-state index contributed by atoms with van der Waals surface area (Å²) in [6.45, 7) is 2.12. The van der Waals surface area contributed by atoms with Crippen molar-refractivity contribution >= 4 is 54.2 Å². The maximum Gasteiger partial charge on any atom is 0.328 e. The largest absolute Gasteiger partial charge is 0.328 e. The molecule has 1 unspecified atom stereocenters. The van der Waals surface area contributed by atoms with E-state index in [9.17, 15) is 4.79 Å². The summed E-state index contributed by atoms with van der Waals surface area (Å²) < 4.78 is 4.36. The molecule has 0 spiro atoms. The van der Waals surface area contributed by atoms with E-state index >= 15 is 0 Å². The molecule has 2 heterocycles. The molecule has 0 aliphatic heterocycles. The zero-order chi connectivity index (χ0) is 15.3. The van der Waals surface area contributed by atoms with E-state index in [2.05, 4.69) is 56.3 Å². The minimum Gasteiger partial charge on any atom is -0.295 e. The van der Waals surface area contributed by atoms with Gasteiger partial charge in [-0.25, -0.2) is 4.79 Å². The highest BCUT2D eigenvalue weighted by atomic mass is 79.9. The van der Waals surface area contributed by atoms with E-state index in [1.54, 1.807) is 27.5 Å². The van der Waals surface area contributed by atoms with Crippen LogP contribution in [-0.4, -0.2) is 9.13 Å². The van der Waals surface area contributed by atoms with Crippen LogP contribution in [0.2, 0.25) is 0 Å². The smallest absolute Gasteiger partial charge is 0.295 e. The average Bonchev–Trinajstić information content (AvgIpc) is 2.97. The predicted molar refractivity (Wildman–Crippen MR) is 95.7 cm³/mol. The maximum absolute atomic E-state index is 12.1. The molecule has 0 fully saturated rings. The molecular formula is C15H14Br2N2OS. The van der Waals surface area contributed by atoms with Gasteiger partial charge in [0, 0.05) is 23.4 Å². The number of imidazole rings is 1. The van der Waals surface area contributed by atoms with Gasteiger partial charge in [-0.3, -0.25) is 9.13 Å². The Bertz CT molecular complexity index is 891. The standard InChI is InChI=1S/C15H14Br2N2OS/c1-8-4-5-21-14(8)13(17)9-6-11-12(7-10(9)16)19(3)15(20)18(11)2/h4-7,13H,1-3H3. The number of alkyl halides is 1. The molecule has 0 saturated heterocycles. The first-order valence-electron chi connectivity index (χ1n) is 6.44. The predicted octanol–water partition coefficient (Wildman–Crippen LogP) is 4.49. The van der Waals surface area contributed by atoms with Crippen molar-refractivity contribution in [2.75, 3.05) is 0 Å². The highest BCUT2D eigenvalue weighted by molar-refractivity contribution is 9.11. The van der Waals surface area contributed by atoms with Gasteiger partial charge in [-0.15, -0.1) is 11.3 Å². The van der Waals surface area contributed by atoms with Crippen LogP contribution in [0.5, 0.6) is 0 Å². The Labute approximate surface area is 143 Å². The van der Waals surface area contributed by atoms with E-state index in [0.717, 1.165) is 21.1 Å². The first-order valence-corrected chi connectivity index (χ1v) is 9.03. The Morgan fingerprint density at radius 3 is 2.38 bits per heavy atom. The molecule has 1 aromatic carbocycles. The number of thiophene rings is 1. The molecule has 0 aliphatic carbocycles. The third kappa shape index (κ3) is 2.33. The quantitative estimate of drug-likeness (QED) is 0.551. The van der Waals surface area contributed by atoms with Crippen LogP contribution in [0.15, 0.2) is 32.8 Å². The summed E-state index contributed by atoms with van der Waals surface area (Å²) in [4.78, 5) is 13.5. The topological polar surface area (TPSA) is 26.9 Å². The molecule has 21 heavy (non-hydrogen) atoms. The van der Waals surface area contributed by atoms with Crippen molar-refractivity contribution in [3.05, 3.63) is 54.5 Å². The summed E-state index contributed by atoms with van der Waals surface area (Å²) in [7, 11) is 3.60. The molecule has 0 radical (unpaired) electrons. The number of halogens is 2. The van der Waals surface area contributed by atoms with Gasteiger partial charge in [0.05, 0.1) is 15.9 Å². The van der Waals surface area contributed by atoms with Crippen molar-refractivity contribution in [2.45, 2.75) is 11.8 Å². The lowest BCUT2D eigenvalue weighted by Crippen LogP contribution is -2.19. The lowest BCUT2D eigenvalue weighted by molar-refractivity contribution is 0.795. The molecule has 2 aromatic heterocycles. The molecule has 3 rings (SSSR count). The molecule has 0 N–H and O–H groups in total. The van der Waals surface area contributed by atoms with Crippen LogP contribution in [0.4, 0.5) is 0 Å². The van der Waals surface area contributed by atoms with E-state index in [-0.39, 0.29) is 10.5 Å². The Kier molecular flexibility index (Phi) is 3.88. The molecule has 3 aromatic rings. The number of fused-ring (bicyclic) bond motifs is 1. The van der Waals surface area contributed by atoms with Crippen molar-refractivity contribution < 1.29 is 0 Å². The van der Waals surface area contributed by atoms with Gasteiger partial charge in [-0.1, -0.05) is 31.9 Å². The molecule has 110 valence electrons.